The maximum Gasteiger partial charge on any atom is 0.338 e. The molecule has 0 saturated heterocycles. The topological polar surface area (TPSA) is 134 Å². The molecule has 2 rings (SSSR count). The van der Waals surface area contributed by atoms with Crippen LogP contribution in [0.25, 0.3) is 0 Å². The SMILES string of the molecule is Cc1ccc(S(=O)(=O)NC(=O)Nc2ccc(C(=O)OCCCCNC(=O)N(S)C(C)C)cc2)cc1. The van der Waals surface area contributed by atoms with E-state index < -0.39 is 22.0 Å². The Morgan fingerprint density at radius 2 is 1.63 bits per heavy atom. The Balaban J connectivity index is 1.74. The molecule has 0 aliphatic heterocycles. The summed E-state index contributed by atoms with van der Waals surface area (Å²) in [5.74, 6) is -0.534. The van der Waals surface area contributed by atoms with Gasteiger partial charge in [0, 0.05) is 18.3 Å². The third-order valence-electron chi connectivity index (χ3n) is 4.71. The van der Waals surface area contributed by atoms with Crippen molar-refractivity contribution in [3.05, 3.63) is 59.7 Å². The van der Waals surface area contributed by atoms with Crippen LogP contribution in [0.4, 0.5) is 15.3 Å². The molecule has 0 aliphatic carbocycles. The highest BCUT2D eigenvalue weighted by Gasteiger charge is 2.17. The van der Waals surface area contributed by atoms with Gasteiger partial charge in [-0.1, -0.05) is 30.5 Å². The Hall–Kier alpha value is -3.25. The van der Waals surface area contributed by atoms with E-state index in [0.717, 1.165) is 5.56 Å². The molecular formula is C23H30N4O6S2. The highest BCUT2D eigenvalue weighted by molar-refractivity contribution is 7.90. The summed E-state index contributed by atoms with van der Waals surface area (Å²) in [4.78, 5) is 36.0. The van der Waals surface area contributed by atoms with Crippen LogP contribution in [0, 0.1) is 6.92 Å². The zero-order chi connectivity index (χ0) is 26.0. The number of rotatable bonds is 10. The van der Waals surface area contributed by atoms with Crippen LogP contribution >= 0.6 is 12.8 Å². The lowest BCUT2D eigenvalue weighted by Crippen LogP contribution is -2.38. The van der Waals surface area contributed by atoms with Gasteiger partial charge in [-0.2, -0.15) is 0 Å². The highest BCUT2D eigenvalue weighted by Crippen LogP contribution is 2.13. The van der Waals surface area contributed by atoms with Crippen molar-refractivity contribution in [2.75, 3.05) is 18.5 Å². The molecule has 0 aromatic heterocycles. The molecular weight excluding hydrogens is 492 g/mol. The predicted octanol–water partition coefficient (Wildman–Crippen LogP) is 3.71. The molecule has 12 heteroatoms. The lowest BCUT2D eigenvalue weighted by molar-refractivity contribution is 0.0498. The van der Waals surface area contributed by atoms with Crippen LogP contribution in [0.1, 0.15) is 42.6 Å². The minimum absolute atomic E-state index is 0.0260. The number of sulfonamides is 1. The lowest BCUT2D eigenvalue weighted by Gasteiger charge is -2.20. The number of ether oxygens (including phenoxy) is 1. The van der Waals surface area contributed by atoms with E-state index in [0.29, 0.717) is 25.1 Å². The third-order valence-corrected chi connectivity index (χ3v) is 6.70. The van der Waals surface area contributed by atoms with Crippen LogP contribution in [0.5, 0.6) is 0 Å². The number of hydrogen-bond acceptors (Lipinski definition) is 7. The molecule has 0 bridgehead atoms. The Kier molecular flexibility index (Phi) is 10.4. The average Bonchev–Trinajstić information content (AvgIpc) is 2.80. The summed E-state index contributed by atoms with van der Waals surface area (Å²) >= 11 is 4.09. The van der Waals surface area contributed by atoms with Crippen LogP contribution in [0.3, 0.4) is 0 Å². The molecule has 0 fully saturated rings. The number of carbonyl (C=O) groups excluding carboxylic acids is 3. The second kappa shape index (κ2) is 13.0. The normalized spacial score (nSPS) is 11.0. The number of hydrogen-bond donors (Lipinski definition) is 4. The number of nitrogens with one attached hydrogen (secondary N) is 3. The third kappa shape index (κ3) is 9.13. The van der Waals surface area contributed by atoms with Crippen LogP contribution in [0.15, 0.2) is 53.4 Å². The maximum absolute atomic E-state index is 12.3. The molecule has 2 aromatic carbocycles. The van der Waals surface area contributed by atoms with Crippen LogP contribution in [0.2, 0.25) is 0 Å². The van der Waals surface area contributed by atoms with Gasteiger partial charge in [0.05, 0.1) is 17.1 Å². The van der Waals surface area contributed by atoms with Crippen molar-refractivity contribution >= 4 is 46.6 Å². The first-order valence-corrected chi connectivity index (χ1v) is 12.8. The summed E-state index contributed by atoms with van der Waals surface area (Å²) in [5.41, 5.74) is 1.47. The van der Waals surface area contributed by atoms with Crippen molar-refractivity contribution in [1.29, 1.82) is 0 Å². The van der Waals surface area contributed by atoms with E-state index in [9.17, 15) is 22.8 Å². The Morgan fingerprint density at radius 3 is 2.23 bits per heavy atom. The summed E-state index contributed by atoms with van der Waals surface area (Å²) in [6, 6.07) is 10.7. The minimum atomic E-state index is -4.01. The fraction of sp³-hybridized carbons (Fsp3) is 0.348. The second-order valence-corrected chi connectivity index (χ2v) is 10.1. The number of aryl methyl sites for hydroxylation is 1. The fourth-order valence-electron chi connectivity index (χ4n) is 2.73. The highest BCUT2D eigenvalue weighted by atomic mass is 32.2. The first-order chi connectivity index (χ1) is 16.5. The quantitative estimate of drug-likeness (QED) is 0.214. The van der Waals surface area contributed by atoms with Gasteiger partial charge in [0.1, 0.15) is 0 Å². The molecule has 0 saturated carbocycles. The number of urea groups is 2. The second-order valence-electron chi connectivity index (χ2n) is 7.96. The molecule has 0 heterocycles. The number of unbranched alkanes of at least 4 members (excludes halogenated alkanes) is 1. The van der Waals surface area contributed by atoms with Gasteiger partial charge in [0.15, 0.2) is 0 Å². The first kappa shape index (κ1) is 28.0. The van der Waals surface area contributed by atoms with Crippen LogP contribution < -0.4 is 15.4 Å². The molecule has 2 aromatic rings. The number of nitrogens with zero attached hydrogens (tertiary/aromatic N) is 1. The van der Waals surface area contributed by atoms with Crippen molar-refractivity contribution in [2.45, 2.75) is 44.6 Å². The molecule has 0 atom stereocenters. The Labute approximate surface area is 211 Å². The van der Waals surface area contributed by atoms with Gasteiger partial charge in [-0.15, -0.1) is 0 Å². The Bertz CT molecular complexity index is 1120. The number of benzene rings is 2. The largest absolute Gasteiger partial charge is 0.462 e. The smallest absolute Gasteiger partial charge is 0.338 e. The number of amides is 4. The minimum Gasteiger partial charge on any atom is -0.462 e. The summed E-state index contributed by atoms with van der Waals surface area (Å²) in [7, 11) is -4.01. The maximum atomic E-state index is 12.3. The molecule has 0 spiro atoms. The van der Waals surface area contributed by atoms with Crippen molar-refractivity contribution < 1.29 is 27.5 Å². The van der Waals surface area contributed by atoms with Gasteiger partial charge < -0.3 is 15.4 Å². The number of anilines is 1. The summed E-state index contributed by atoms with van der Waals surface area (Å²) < 4.78 is 33.0. The van der Waals surface area contributed by atoms with E-state index in [1.54, 1.807) is 12.1 Å². The van der Waals surface area contributed by atoms with Gasteiger partial charge in [-0.3, -0.25) is 4.31 Å². The number of esters is 1. The standard InChI is InChI=1S/C23H30N4O6S2/c1-16(2)27(34)23(30)24-14-4-5-15-33-21(28)18-8-10-19(11-9-18)25-22(29)26-35(31,32)20-12-6-17(3)7-13-20/h6-13,16,34H,4-5,14-15H2,1-3H3,(H,24,30)(H2,25,26,29). The number of thiol groups is 1. The molecule has 0 unspecified atom stereocenters. The molecule has 10 nitrogen and oxygen atoms in total. The van der Waals surface area contributed by atoms with Crippen molar-refractivity contribution in [1.82, 2.24) is 14.3 Å². The predicted molar refractivity (Wildman–Crippen MR) is 136 cm³/mol. The molecule has 35 heavy (non-hydrogen) atoms. The lowest BCUT2D eigenvalue weighted by atomic mass is 10.2. The molecule has 190 valence electrons. The zero-order valence-electron chi connectivity index (χ0n) is 19.8. The van der Waals surface area contributed by atoms with Crippen molar-refractivity contribution in [3.8, 4) is 0 Å². The average molecular weight is 523 g/mol. The molecule has 3 N–H and O–H groups in total. The van der Waals surface area contributed by atoms with E-state index >= 15 is 0 Å². The van der Waals surface area contributed by atoms with Gasteiger partial charge in [-0.05, 0) is 70.0 Å². The first-order valence-electron chi connectivity index (χ1n) is 10.9. The summed E-state index contributed by atoms with van der Waals surface area (Å²) in [6.45, 7) is 6.13. The van der Waals surface area contributed by atoms with Gasteiger partial charge in [0.25, 0.3) is 10.0 Å². The van der Waals surface area contributed by atoms with Gasteiger partial charge in [0.2, 0.25) is 0 Å². The van der Waals surface area contributed by atoms with E-state index in [2.05, 4.69) is 23.4 Å². The summed E-state index contributed by atoms with van der Waals surface area (Å²) in [6.07, 6.45) is 1.19. The Morgan fingerprint density at radius 1 is 1.00 bits per heavy atom. The number of carbonyl (C=O) groups is 3. The fourth-order valence-corrected chi connectivity index (χ4v) is 3.71. The summed E-state index contributed by atoms with van der Waals surface area (Å²) in [5, 5.41) is 5.13. The van der Waals surface area contributed by atoms with Crippen molar-refractivity contribution in [3.63, 3.8) is 0 Å². The van der Waals surface area contributed by atoms with Gasteiger partial charge in [-0.25, -0.2) is 27.5 Å². The van der Waals surface area contributed by atoms with E-state index in [-0.39, 0.29) is 29.1 Å². The van der Waals surface area contributed by atoms with Crippen LogP contribution in [-0.4, -0.2) is 49.9 Å². The molecule has 0 radical (unpaired) electrons. The van der Waals surface area contributed by atoms with E-state index in [1.807, 2.05) is 25.5 Å². The zero-order valence-corrected chi connectivity index (χ0v) is 21.5. The van der Waals surface area contributed by atoms with Gasteiger partial charge >= 0.3 is 18.0 Å². The van der Waals surface area contributed by atoms with Crippen LogP contribution in [-0.2, 0) is 14.8 Å². The van der Waals surface area contributed by atoms with Crippen molar-refractivity contribution in [2.24, 2.45) is 0 Å². The molecule has 0 aliphatic rings. The monoisotopic (exact) mass is 522 g/mol. The van der Waals surface area contributed by atoms with E-state index in [1.165, 1.54) is 40.7 Å². The molecule has 4 amide bonds. The van der Waals surface area contributed by atoms with E-state index in [4.69, 9.17) is 4.74 Å².